The summed E-state index contributed by atoms with van der Waals surface area (Å²) >= 11 is 0. The quantitative estimate of drug-likeness (QED) is 0.0879. The Morgan fingerprint density at radius 1 is 0.797 bits per heavy atom. The normalized spacial score (nSPS) is 17.1. The van der Waals surface area contributed by atoms with Crippen molar-refractivity contribution in [1.29, 1.82) is 10.8 Å². The second kappa shape index (κ2) is 24.1. The molecular weight excluding hydrogens is 749 g/mol. The van der Waals surface area contributed by atoms with Crippen molar-refractivity contribution in [2.75, 3.05) is 40.0 Å². The van der Waals surface area contributed by atoms with Crippen LogP contribution in [0.25, 0.3) is 0 Å². The number of aldehydes is 1. The number of piperidine rings is 2. The molecule has 2 fully saturated rings. The Labute approximate surface area is 349 Å². The van der Waals surface area contributed by atoms with Gasteiger partial charge in [0.15, 0.2) is 11.5 Å². The third-order valence-corrected chi connectivity index (χ3v) is 10.2. The third kappa shape index (κ3) is 13.6. The van der Waals surface area contributed by atoms with Crippen LogP contribution in [-0.2, 0) is 22.7 Å². The topological polar surface area (TPSA) is 152 Å². The molecule has 0 saturated carbocycles. The molecule has 2 atom stereocenters. The fourth-order valence-corrected chi connectivity index (χ4v) is 7.13. The number of rotatable bonds is 15. The SMILES string of the molecule is C=N.CC=O.COc1cc(C(=O)N2CCCC[C@H]2C=N)ccc1OCc1cc(COc2ccc(C(=O)N3CCCCC3)cc2C)cc(OCCOC2=CCC(C)C=C2)c1. The largest absolute Gasteiger partial charge is 0.493 e. The first-order chi connectivity index (χ1) is 28.7. The fraction of sp³-hybridized carbons (Fsp3) is 0.426. The molecule has 316 valence electrons. The number of allylic oxidation sites excluding steroid dienone is 3. The number of amides is 2. The van der Waals surface area contributed by atoms with Crippen molar-refractivity contribution < 1.29 is 38.1 Å². The summed E-state index contributed by atoms with van der Waals surface area (Å²) in [6.45, 7) is 11.6. The van der Waals surface area contributed by atoms with Gasteiger partial charge in [-0.3, -0.25) is 9.59 Å². The first-order valence-corrected chi connectivity index (χ1v) is 20.4. The van der Waals surface area contributed by atoms with Gasteiger partial charge < -0.3 is 49.1 Å². The monoisotopic (exact) mass is 808 g/mol. The minimum absolute atomic E-state index is 0.0736. The third-order valence-electron chi connectivity index (χ3n) is 10.2. The predicted octanol–water partition coefficient (Wildman–Crippen LogP) is 8.78. The zero-order chi connectivity index (χ0) is 42.6. The van der Waals surface area contributed by atoms with Crippen molar-refractivity contribution >= 4 is 31.0 Å². The van der Waals surface area contributed by atoms with Crippen LogP contribution in [0.15, 0.2) is 78.6 Å². The Hall–Kier alpha value is -5.91. The molecule has 1 unspecified atom stereocenters. The van der Waals surface area contributed by atoms with E-state index in [9.17, 15) is 9.59 Å². The van der Waals surface area contributed by atoms with E-state index in [0.717, 1.165) is 80.4 Å². The summed E-state index contributed by atoms with van der Waals surface area (Å²) in [4.78, 5) is 39.0. The molecule has 1 aliphatic carbocycles. The van der Waals surface area contributed by atoms with Crippen LogP contribution in [0.2, 0.25) is 0 Å². The van der Waals surface area contributed by atoms with E-state index in [2.05, 4.69) is 25.8 Å². The molecule has 2 amide bonds. The van der Waals surface area contributed by atoms with E-state index in [-0.39, 0.29) is 31.1 Å². The van der Waals surface area contributed by atoms with Crippen LogP contribution in [0, 0.1) is 23.7 Å². The van der Waals surface area contributed by atoms with Gasteiger partial charge in [0.2, 0.25) is 0 Å². The van der Waals surface area contributed by atoms with Gasteiger partial charge in [-0.15, -0.1) is 0 Å². The molecule has 0 aromatic heterocycles. The smallest absolute Gasteiger partial charge is 0.254 e. The second-order valence-corrected chi connectivity index (χ2v) is 14.6. The Balaban J connectivity index is 0.00000147. The molecule has 6 rings (SSSR count). The maximum Gasteiger partial charge on any atom is 0.254 e. The molecule has 12 heteroatoms. The minimum Gasteiger partial charge on any atom is -0.493 e. The van der Waals surface area contributed by atoms with Gasteiger partial charge in [-0.05, 0) is 155 Å². The minimum atomic E-state index is -0.186. The molecular formula is C47H60N4O8. The van der Waals surface area contributed by atoms with Crippen LogP contribution >= 0.6 is 0 Å². The van der Waals surface area contributed by atoms with Crippen LogP contribution in [0.5, 0.6) is 23.0 Å². The van der Waals surface area contributed by atoms with Crippen molar-refractivity contribution in [2.24, 2.45) is 5.92 Å². The van der Waals surface area contributed by atoms with Gasteiger partial charge in [-0.1, -0.05) is 13.0 Å². The molecule has 3 aromatic carbocycles. The van der Waals surface area contributed by atoms with E-state index in [4.69, 9.17) is 39.3 Å². The molecule has 0 radical (unpaired) electrons. The van der Waals surface area contributed by atoms with E-state index < -0.39 is 0 Å². The maximum atomic E-state index is 13.4. The first kappa shape index (κ1) is 45.8. The van der Waals surface area contributed by atoms with Crippen molar-refractivity contribution in [1.82, 2.24) is 9.80 Å². The molecule has 0 bridgehead atoms. The number of nitrogens with zero attached hydrogens (tertiary/aromatic N) is 2. The lowest BCUT2D eigenvalue weighted by Gasteiger charge is -2.33. The van der Waals surface area contributed by atoms with Gasteiger partial charge >= 0.3 is 0 Å². The fourth-order valence-electron chi connectivity index (χ4n) is 7.13. The highest BCUT2D eigenvalue weighted by Crippen LogP contribution is 2.31. The number of methoxy groups -OCH3 is 1. The summed E-state index contributed by atoms with van der Waals surface area (Å²) in [5, 5.41) is 13.3. The molecule has 2 saturated heterocycles. The van der Waals surface area contributed by atoms with Crippen molar-refractivity contribution in [3.63, 3.8) is 0 Å². The summed E-state index contributed by atoms with van der Waals surface area (Å²) in [6.07, 6.45) is 15.4. The highest BCUT2D eigenvalue weighted by atomic mass is 16.5. The summed E-state index contributed by atoms with van der Waals surface area (Å²) < 4.78 is 30.3. The van der Waals surface area contributed by atoms with Gasteiger partial charge in [-0.25, -0.2) is 0 Å². The first-order valence-electron chi connectivity index (χ1n) is 20.4. The van der Waals surface area contributed by atoms with Crippen LogP contribution in [0.1, 0.15) is 96.2 Å². The van der Waals surface area contributed by atoms with Crippen LogP contribution in [0.4, 0.5) is 0 Å². The van der Waals surface area contributed by atoms with Gasteiger partial charge in [-0.2, -0.15) is 0 Å². The summed E-state index contributed by atoms with van der Waals surface area (Å²) in [7, 11) is 1.56. The number of aryl methyl sites for hydroxylation is 1. The average Bonchev–Trinajstić information content (AvgIpc) is 3.28. The Morgan fingerprint density at radius 3 is 2.05 bits per heavy atom. The van der Waals surface area contributed by atoms with Crippen molar-refractivity contribution in [3.8, 4) is 23.0 Å². The second-order valence-electron chi connectivity index (χ2n) is 14.6. The molecule has 12 nitrogen and oxygen atoms in total. The summed E-state index contributed by atoms with van der Waals surface area (Å²) in [5.41, 5.74) is 3.83. The van der Waals surface area contributed by atoms with Crippen LogP contribution in [0.3, 0.4) is 0 Å². The summed E-state index contributed by atoms with van der Waals surface area (Å²) in [6, 6.07) is 16.6. The lowest BCUT2D eigenvalue weighted by Crippen LogP contribution is -2.44. The zero-order valence-electron chi connectivity index (χ0n) is 35.0. The Bertz CT molecular complexity index is 1920. The molecule has 0 spiro atoms. The molecule has 3 aromatic rings. The summed E-state index contributed by atoms with van der Waals surface area (Å²) in [5.74, 6) is 3.67. The number of carbonyl (C=O) groups excluding carboxylic acids is 3. The predicted molar refractivity (Wildman–Crippen MR) is 231 cm³/mol. The number of nitrogens with one attached hydrogen (secondary N) is 2. The Morgan fingerprint density at radius 2 is 1.42 bits per heavy atom. The maximum absolute atomic E-state index is 13.4. The van der Waals surface area contributed by atoms with Gasteiger partial charge in [0, 0.05) is 37.0 Å². The molecule has 2 N–H and O–H groups in total. The Kier molecular flexibility index (Phi) is 18.7. The van der Waals surface area contributed by atoms with Gasteiger partial charge in [0.25, 0.3) is 11.8 Å². The molecule has 3 aliphatic rings. The molecule has 59 heavy (non-hydrogen) atoms. The zero-order valence-corrected chi connectivity index (χ0v) is 35.0. The van der Waals surface area contributed by atoms with E-state index in [1.54, 1.807) is 30.2 Å². The van der Waals surface area contributed by atoms with Crippen molar-refractivity contribution in [2.45, 2.75) is 85.0 Å². The number of ether oxygens (including phenoxy) is 5. The van der Waals surface area contributed by atoms with Crippen LogP contribution in [-0.4, -0.2) is 86.8 Å². The van der Waals surface area contributed by atoms with Crippen molar-refractivity contribution in [3.05, 3.63) is 106 Å². The van der Waals surface area contributed by atoms with E-state index in [1.807, 2.05) is 54.3 Å². The molecule has 2 heterocycles. The number of hydrogen-bond acceptors (Lipinski definition) is 10. The van der Waals surface area contributed by atoms with Crippen LogP contribution < -0.4 is 18.9 Å². The van der Waals surface area contributed by atoms with Gasteiger partial charge in [0.1, 0.15) is 50.0 Å². The number of likely N-dealkylation sites (tertiary alicyclic amines) is 2. The number of carbonyl (C=O) groups is 3. The van der Waals surface area contributed by atoms with E-state index in [1.165, 1.54) is 19.6 Å². The van der Waals surface area contributed by atoms with E-state index >= 15 is 0 Å². The number of benzene rings is 3. The lowest BCUT2D eigenvalue weighted by molar-refractivity contribution is -0.106. The average molecular weight is 809 g/mol. The van der Waals surface area contributed by atoms with E-state index in [0.29, 0.717) is 59.8 Å². The standard InChI is InChI=1S/C44H53N3O7.C2H4O.CH3N/c1-31-10-14-38(15-11-31)51-21-22-52-39-25-33(29-53-40-16-12-35(23-32(40)2)43(48)46-18-6-4-7-19-46)24-34(26-39)30-54-41-17-13-36(27-42(41)50-3)44(49)47-20-8-5-9-37(47)28-45;1-2-3;1-2/h10,12-17,23-28,31,37,45H,4-9,11,18-22,29-30H2,1-3H3;2H,1H3;2H,1H2/t31?,37-;;/m0../s1. The molecule has 2 aliphatic heterocycles. The highest BCUT2D eigenvalue weighted by molar-refractivity contribution is 5.96. The van der Waals surface area contributed by atoms with Gasteiger partial charge in [0.05, 0.1) is 13.2 Å². The number of hydrogen-bond donors (Lipinski definition) is 2. The highest BCUT2D eigenvalue weighted by Gasteiger charge is 2.27. The lowest BCUT2D eigenvalue weighted by atomic mass is 10.0.